The van der Waals surface area contributed by atoms with Crippen molar-refractivity contribution < 1.29 is 14.3 Å². The molecule has 0 radical (unpaired) electrons. The van der Waals surface area contributed by atoms with Crippen LogP contribution < -0.4 is 0 Å². The number of methoxy groups -OCH3 is 1. The van der Waals surface area contributed by atoms with Gasteiger partial charge in [0.1, 0.15) is 0 Å². The van der Waals surface area contributed by atoms with E-state index in [4.69, 9.17) is 4.74 Å². The van der Waals surface area contributed by atoms with Gasteiger partial charge in [-0.2, -0.15) is 11.8 Å². The zero-order valence-electron chi connectivity index (χ0n) is 18.1. The molecule has 3 atom stereocenters. The maximum absolute atomic E-state index is 12.9. The number of ether oxygens (including phenoxy) is 1. The summed E-state index contributed by atoms with van der Waals surface area (Å²) in [5.41, 5.74) is 0. The zero-order valence-corrected chi connectivity index (χ0v) is 19.7. The average Bonchev–Trinajstić information content (AvgIpc) is 3.02. The van der Waals surface area contributed by atoms with E-state index in [-0.39, 0.29) is 17.8 Å². The summed E-state index contributed by atoms with van der Waals surface area (Å²) in [6.45, 7) is 2.23. The van der Waals surface area contributed by atoms with Crippen molar-refractivity contribution in [2.75, 3.05) is 19.6 Å². The van der Waals surface area contributed by atoms with Crippen LogP contribution in [0.1, 0.15) is 71.1 Å². The van der Waals surface area contributed by atoms with Gasteiger partial charge in [0.25, 0.3) is 0 Å². The SMILES string of the molecule is CCCCCCC=CC1C=C(SC)C(=O)C1C(CCCCCC(=O)OC)SC. The van der Waals surface area contributed by atoms with Crippen LogP contribution in [0.25, 0.3) is 0 Å². The molecule has 1 rings (SSSR count). The van der Waals surface area contributed by atoms with Crippen LogP contribution in [0.2, 0.25) is 0 Å². The predicted octanol–water partition coefficient (Wildman–Crippen LogP) is 6.43. The van der Waals surface area contributed by atoms with Crippen LogP contribution in [0.15, 0.2) is 23.1 Å². The van der Waals surface area contributed by atoms with Crippen molar-refractivity contribution in [2.45, 2.75) is 76.4 Å². The minimum atomic E-state index is -0.134. The molecule has 0 aliphatic heterocycles. The lowest BCUT2D eigenvalue weighted by Crippen LogP contribution is -2.27. The molecule has 1 aliphatic rings. The standard InChI is InChI=1S/C23H38O3S2/c1-5-6-7-8-9-11-14-18-17-20(28-4)23(25)22(18)19(27-3)15-12-10-13-16-21(24)26-2/h11,14,17-19,22H,5-10,12-13,15-16H2,1-4H3. The summed E-state index contributed by atoms with van der Waals surface area (Å²) in [4.78, 5) is 25.1. The van der Waals surface area contributed by atoms with Crippen LogP contribution in [0.5, 0.6) is 0 Å². The van der Waals surface area contributed by atoms with Crippen molar-refractivity contribution in [3.63, 3.8) is 0 Å². The quantitative estimate of drug-likeness (QED) is 0.171. The van der Waals surface area contributed by atoms with Crippen LogP contribution >= 0.6 is 23.5 Å². The number of allylic oxidation sites excluding steroid dienone is 4. The molecule has 3 nitrogen and oxygen atoms in total. The molecule has 160 valence electrons. The highest BCUT2D eigenvalue weighted by Crippen LogP contribution is 2.40. The molecule has 0 saturated carbocycles. The average molecular weight is 427 g/mol. The number of carbonyl (C=O) groups excluding carboxylic acids is 2. The molecule has 0 bridgehead atoms. The third-order valence-corrected chi connectivity index (χ3v) is 7.32. The Morgan fingerprint density at radius 2 is 1.93 bits per heavy atom. The fourth-order valence-electron chi connectivity index (χ4n) is 3.74. The molecule has 3 unspecified atom stereocenters. The molecular formula is C23H38O3S2. The number of Topliss-reactive ketones (excluding diaryl/α,β-unsaturated/α-hetero) is 1. The Morgan fingerprint density at radius 1 is 1.18 bits per heavy atom. The van der Waals surface area contributed by atoms with Crippen molar-refractivity contribution in [3.8, 4) is 0 Å². The van der Waals surface area contributed by atoms with Gasteiger partial charge in [-0.3, -0.25) is 9.59 Å². The Morgan fingerprint density at radius 3 is 2.57 bits per heavy atom. The lowest BCUT2D eigenvalue weighted by molar-refractivity contribution is -0.140. The normalized spacial score (nSPS) is 20.6. The van der Waals surface area contributed by atoms with Gasteiger partial charge in [-0.1, -0.05) is 57.3 Å². The molecule has 1 aliphatic carbocycles. The predicted molar refractivity (Wildman–Crippen MR) is 124 cm³/mol. The van der Waals surface area contributed by atoms with E-state index in [1.165, 1.54) is 32.8 Å². The summed E-state index contributed by atoms with van der Waals surface area (Å²) in [7, 11) is 1.44. The second-order valence-corrected chi connectivity index (χ2v) is 9.35. The number of thioether (sulfide) groups is 2. The van der Waals surface area contributed by atoms with E-state index >= 15 is 0 Å². The molecule has 0 heterocycles. The summed E-state index contributed by atoms with van der Waals surface area (Å²) >= 11 is 3.40. The number of unbranched alkanes of at least 4 members (excludes halogenated alkanes) is 6. The first-order valence-corrected chi connectivity index (χ1v) is 13.2. The number of rotatable bonds is 15. The lowest BCUT2D eigenvalue weighted by atomic mass is 9.88. The van der Waals surface area contributed by atoms with Gasteiger partial charge in [-0.25, -0.2) is 0 Å². The van der Waals surface area contributed by atoms with E-state index in [1.807, 2.05) is 18.0 Å². The molecule has 0 aromatic carbocycles. The summed E-state index contributed by atoms with van der Waals surface area (Å²) in [5.74, 6) is 0.478. The summed E-state index contributed by atoms with van der Waals surface area (Å²) in [5, 5.41) is 0.335. The van der Waals surface area contributed by atoms with Crippen molar-refractivity contribution >= 4 is 35.3 Å². The Labute approximate surface area is 180 Å². The largest absolute Gasteiger partial charge is 0.469 e. The minimum Gasteiger partial charge on any atom is -0.469 e. The minimum absolute atomic E-state index is 0.0601. The molecule has 0 N–H and O–H groups in total. The number of esters is 1. The van der Waals surface area contributed by atoms with Gasteiger partial charge in [0.15, 0.2) is 5.78 Å². The van der Waals surface area contributed by atoms with E-state index in [9.17, 15) is 9.59 Å². The number of hydrogen-bond donors (Lipinski definition) is 0. The molecular weight excluding hydrogens is 388 g/mol. The van der Waals surface area contributed by atoms with E-state index in [1.54, 1.807) is 11.8 Å². The van der Waals surface area contributed by atoms with Gasteiger partial charge in [0.05, 0.1) is 7.11 Å². The first-order chi connectivity index (χ1) is 13.6. The highest BCUT2D eigenvalue weighted by atomic mass is 32.2. The van der Waals surface area contributed by atoms with E-state index in [2.05, 4.69) is 31.4 Å². The molecule has 0 fully saturated rings. The third-order valence-electron chi connectivity index (χ3n) is 5.41. The smallest absolute Gasteiger partial charge is 0.305 e. The maximum Gasteiger partial charge on any atom is 0.305 e. The monoisotopic (exact) mass is 426 g/mol. The third kappa shape index (κ3) is 8.77. The first-order valence-electron chi connectivity index (χ1n) is 10.6. The molecule has 0 saturated heterocycles. The highest BCUT2D eigenvalue weighted by molar-refractivity contribution is 8.03. The van der Waals surface area contributed by atoms with Crippen molar-refractivity contribution in [2.24, 2.45) is 11.8 Å². The zero-order chi connectivity index (χ0) is 20.8. The topological polar surface area (TPSA) is 43.4 Å². The number of hydrogen-bond acceptors (Lipinski definition) is 5. The van der Waals surface area contributed by atoms with E-state index in [0.29, 0.717) is 17.5 Å². The van der Waals surface area contributed by atoms with Gasteiger partial charge >= 0.3 is 5.97 Å². The first kappa shape index (κ1) is 25.4. The number of ketones is 1. The van der Waals surface area contributed by atoms with Gasteiger partial charge in [0, 0.05) is 28.4 Å². The fraction of sp³-hybridized carbons (Fsp3) is 0.739. The van der Waals surface area contributed by atoms with Gasteiger partial charge in [-0.15, -0.1) is 11.8 Å². The highest BCUT2D eigenvalue weighted by Gasteiger charge is 2.39. The van der Waals surface area contributed by atoms with Crippen LogP contribution in [0.3, 0.4) is 0 Å². The van der Waals surface area contributed by atoms with E-state index < -0.39 is 0 Å². The molecule has 5 heteroatoms. The molecule has 0 amide bonds. The molecule has 0 aromatic rings. The summed E-state index contributed by atoms with van der Waals surface area (Å²) in [6.07, 6.45) is 21.5. The number of carbonyl (C=O) groups is 2. The Balaban J connectivity index is 2.58. The Kier molecular flexibility index (Phi) is 13.8. The second kappa shape index (κ2) is 15.2. The van der Waals surface area contributed by atoms with Crippen LogP contribution in [-0.4, -0.2) is 36.6 Å². The van der Waals surface area contributed by atoms with Crippen molar-refractivity contribution in [3.05, 3.63) is 23.1 Å². The van der Waals surface area contributed by atoms with Crippen LogP contribution in [-0.2, 0) is 14.3 Å². The second-order valence-electron chi connectivity index (χ2n) is 7.43. The van der Waals surface area contributed by atoms with Gasteiger partial charge < -0.3 is 4.74 Å². The lowest BCUT2D eigenvalue weighted by Gasteiger charge is -2.25. The van der Waals surface area contributed by atoms with Crippen molar-refractivity contribution in [1.82, 2.24) is 0 Å². The fourth-order valence-corrected chi connectivity index (χ4v) is 5.37. The maximum atomic E-state index is 12.9. The van der Waals surface area contributed by atoms with Gasteiger partial charge in [-0.05, 0) is 38.2 Å². The summed E-state index contributed by atoms with van der Waals surface area (Å²) < 4.78 is 4.70. The van der Waals surface area contributed by atoms with Gasteiger partial charge in [0.2, 0.25) is 0 Å². The Hall–Kier alpha value is -0.680. The molecule has 28 heavy (non-hydrogen) atoms. The van der Waals surface area contributed by atoms with Crippen molar-refractivity contribution in [1.29, 1.82) is 0 Å². The summed E-state index contributed by atoms with van der Waals surface area (Å²) in [6, 6.07) is 0. The van der Waals surface area contributed by atoms with Crippen LogP contribution in [0, 0.1) is 11.8 Å². The van der Waals surface area contributed by atoms with E-state index in [0.717, 1.165) is 37.0 Å². The van der Waals surface area contributed by atoms with Crippen LogP contribution in [0.4, 0.5) is 0 Å². The Bertz CT molecular complexity index is 528. The molecule has 0 aromatic heterocycles. The molecule has 0 spiro atoms.